The molecule has 0 saturated heterocycles. The van der Waals surface area contributed by atoms with Crippen LogP contribution >= 0.6 is 11.6 Å². The lowest BCUT2D eigenvalue weighted by Gasteiger charge is -2.07. The Morgan fingerprint density at radius 2 is 2.10 bits per heavy atom. The average Bonchev–Trinajstić information content (AvgIpc) is 2.96. The zero-order chi connectivity index (χ0) is 14.3. The van der Waals surface area contributed by atoms with Gasteiger partial charge in [0.1, 0.15) is 5.82 Å². The van der Waals surface area contributed by atoms with Crippen LogP contribution < -0.4 is 0 Å². The second-order valence-corrected chi connectivity index (χ2v) is 5.50. The first kappa shape index (κ1) is 13.1. The van der Waals surface area contributed by atoms with E-state index in [1.807, 2.05) is 36.6 Å². The van der Waals surface area contributed by atoms with Gasteiger partial charge in [-0.15, -0.1) is 11.6 Å². The fourth-order valence-electron chi connectivity index (χ4n) is 2.32. The number of hydrogen-bond donors (Lipinski definition) is 0. The Balaban J connectivity index is 2.16. The molecular formula is C14H15ClN4O. The summed E-state index contributed by atoms with van der Waals surface area (Å²) in [7, 11) is 0. The number of para-hydroxylation sites is 1. The number of nitrogens with zero attached hydrogens (tertiary/aromatic N) is 4. The predicted octanol–water partition coefficient (Wildman–Crippen LogP) is 3.38. The van der Waals surface area contributed by atoms with Crippen LogP contribution in [0.5, 0.6) is 0 Å². The van der Waals surface area contributed by atoms with Gasteiger partial charge >= 0.3 is 0 Å². The Labute approximate surface area is 121 Å². The molecule has 0 N–H and O–H groups in total. The van der Waals surface area contributed by atoms with Crippen molar-refractivity contribution in [3.8, 4) is 0 Å². The first-order chi connectivity index (χ1) is 9.56. The molecule has 1 unspecified atom stereocenters. The average molecular weight is 291 g/mol. The van der Waals surface area contributed by atoms with Crippen molar-refractivity contribution in [2.45, 2.75) is 32.7 Å². The maximum atomic E-state index is 6.26. The number of alkyl halides is 1. The monoisotopic (exact) mass is 290 g/mol. The molecule has 1 aromatic carbocycles. The fraction of sp³-hybridized carbons (Fsp3) is 0.357. The van der Waals surface area contributed by atoms with Crippen LogP contribution in [0.4, 0.5) is 0 Å². The number of benzene rings is 1. The Kier molecular flexibility index (Phi) is 3.22. The summed E-state index contributed by atoms with van der Waals surface area (Å²) in [4.78, 5) is 8.91. The quantitative estimate of drug-likeness (QED) is 0.694. The van der Waals surface area contributed by atoms with E-state index in [1.54, 1.807) is 6.92 Å². The predicted molar refractivity (Wildman–Crippen MR) is 76.9 cm³/mol. The number of halogens is 1. The van der Waals surface area contributed by atoms with Crippen molar-refractivity contribution in [1.29, 1.82) is 0 Å². The van der Waals surface area contributed by atoms with Crippen molar-refractivity contribution in [2.24, 2.45) is 0 Å². The number of aromatic nitrogens is 4. The maximum absolute atomic E-state index is 6.26. The van der Waals surface area contributed by atoms with Gasteiger partial charge in [-0.3, -0.25) is 0 Å². The normalized spacial score (nSPS) is 13.0. The highest BCUT2D eigenvalue weighted by atomic mass is 35.5. The molecule has 0 fully saturated rings. The fourth-order valence-corrected chi connectivity index (χ4v) is 2.49. The molecule has 0 radical (unpaired) electrons. The van der Waals surface area contributed by atoms with Crippen LogP contribution in [0.25, 0.3) is 11.0 Å². The summed E-state index contributed by atoms with van der Waals surface area (Å²) in [5, 5.41) is 3.76. The van der Waals surface area contributed by atoms with E-state index < -0.39 is 0 Å². The molecule has 0 bridgehead atoms. The Morgan fingerprint density at radius 1 is 1.30 bits per heavy atom. The van der Waals surface area contributed by atoms with Crippen LogP contribution in [0, 0.1) is 13.8 Å². The third kappa shape index (κ3) is 2.18. The molecule has 3 aromatic rings. The van der Waals surface area contributed by atoms with Crippen molar-refractivity contribution in [3.05, 3.63) is 41.3 Å². The molecule has 3 rings (SSSR count). The van der Waals surface area contributed by atoms with Gasteiger partial charge in [0.05, 0.1) is 23.0 Å². The summed E-state index contributed by atoms with van der Waals surface area (Å²) in [5.74, 6) is 2.00. The van der Waals surface area contributed by atoms with E-state index >= 15 is 0 Å². The standard InChI is InChI=1S/C14H15ClN4O/c1-8-5-4-6-11-13(8)17-14(9(2)15)19(11)7-12-16-10(3)20-18-12/h4-6,9H,7H2,1-3H3. The lowest BCUT2D eigenvalue weighted by Crippen LogP contribution is -2.07. The van der Waals surface area contributed by atoms with Gasteiger partial charge in [0.25, 0.3) is 0 Å². The molecule has 20 heavy (non-hydrogen) atoms. The zero-order valence-corrected chi connectivity index (χ0v) is 12.3. The van der Waals surface area contributed by atoms with Crippen LogP contribution in [0.1, 0.15) is 35.4 Å². The van der Waals surface area contributed by atoms with Gasteiger partial charge in [-0.1, -0.05) is 17.3 Å². The van der Waals surface area contributed by atoms with Crippen LogP contribution in [-0.4, -0.2) is 19.7 Å². The van der Waals surface area contributed by atoms with Crippen molar-refractivity contribution in [1.82, 2.24) is 19.7 Å². The Hall–Kier alpha value is -1.88. The highest BCUT2D eigenvalue weighted by Gasteiger charge is 2.17. The van der Waals surface area contributed by atoms with Crippen molar-refractivity contribution in [3.63, 3.8) is 0 Å². The van der Waals surface area contributed by atoms with Crippen LogP contribution in [0.3, 0.4) is 0 Å². The molecule has 6 heteroatoms. The SMILES string of the molecule is Cc1nc(Cn2c(C(C)Cl)nc3c(C)cccc32)no1. The summed E-state index contributed by atoms with van der Waals surface area (Å²) in [6, 6.07) is 6.09. The van der Waals surface area contributed by atoms with Gasteiger partial charge in [-0.2, -0.15) is 4.98 Å². The molecule has 0 saturated carbocycles. The molecule has 0 aliphatic heterocycles. The summed E-state index contributed by atoms with van der Waals surface area (Å²) in [6.07, 6.45) is 0. The van der Waals surface area contributed by atoms with E-state index in [1.165, 1.54) is 0 Å². The summed E-state index contributed by atoms with van der Waals surface area (Å²) >= 11 is 6.26. The van der Waals surface area contributed by atoms with Crippen molar-refractivity contribution < 1.29 is 4.52 Å². The zero-order valence-electron chi connectivity index (χ0n) is 11.6. The third-order valence-electron chi connectivity index (χ3n) is 3.24. The van der Waals surface area contributed by atoms with E-state index in [-0.39, 0.29) is 5.38 Å². The van der Waals surface area contributed by atoms with Crippen LogP contribution in [0.2, 0.25) is 0 Å². The minimum Gasteiger partial charge on any atom is -0.340 e. The van der Waals surface area contributed by atoms with Crippen molar-refractivity contribution in [2.75, 3.05) is 0 Å². The van der Waals surface area contributed by atoms with E-state index in [0.29, 0.717) is 18.3 Å². The summed E-state index contributed by atoms with van der Waals surface area (Å²) in [5.41, 5.74) is 3.13. The largest absolute Gasteiger partial charge is 0.340 e. The van der Waals surface area contributed by atoms with E-state index in [0.717, 1.165) is 22.4 Å². The number of aryl methyl sites for hydroxylation is 2. The second-order valence-electron chi connectivity index (χ2n) is 4.84. The lowest BCUT2D eigenvalue weighted by atomic mass is 10.2. The summed E-state index contributed by atoms with van der Waals surface area (Å²) < 4.78 is 7.07. The molecule has 5 nitrogen and oxygen atoms in total. The van der Waals surface area contributed by atoms with E-state index in [2.05, 4.69) is 15.1 Å². The van der Waals surface area contributed by atoms with Gasteiger partial charge in [-0.05, 0) is 25.5 Å². The molecule has 0 aliphatic carbocycles. The molecular weight excluding hydrogens is 276 g/mol. The second kappa shape index (κ2) is 4.90. The first-order valence-corrected chi connectivity index (χ1v) is 6.89. The molecule has 2 heterocycles. The molecule has 0 aliphatic rings. The van der Waals surface area contributed by atoms with Gasteiger partial charge in [0.2, 0.25) is 5.89 Å². The smallest absolute Gasteiger partial charge is 0.223 e. The molecule has 0 spiro atoms. The highest BCUT2D eigenvalue weighted by molar-refractivity contribution is 6.20. The minimum atomic E-state index is -0.185. The number of hydrogen-bond acceptors (Lipinski definition) is 4. The maximum Gasteiger partial charge on any atom is 0.223 e. The Bertz CT molecular complexity index is 760. The number of imidazole rings is 1. The highest BCUT2D eigenvalue weighted by Crippen LogP contribution is 2.26. The number of fused-ring (bicyclic) bond motifs is 1. The van der Waals surface area contributed by atoms with E-state index in [9.17, 15) is 0 Å². The van der Waals surface area contributed by atoms with Gasteiger partial charge in [0, 0.05) is 6.92 Å². The van der Waals surface area contributed by atoms with Crippen LogP contribution in [0.15, 0.2) is 22.7 Å². The molecule has 2 aromatic heterocycles. The lowest BCUT2D eigenvalue weighted by molar-refractivity contribution is 0.386. The molecule has 0 amide bonds. The topological polar surface area (TPSA) is 56.7 Å². The number of rotatable bonds is 3. The van der Waals surface area contributed by atoms with Gasteiger partial charge in [0.15, 0.2) is 5.82 Å². The first-order valence-electron chi connectivity index (χ1n) is 6.45. The van der Waals surface area contributed by atoms with Gasteiger partial charge in [-0.25, -0.2) is 4.98 Å². The minimum absolute atomic E-state index is 0.185. The van der Waals surface area contributed by atoms with Crippen LogP contribution in [-0.2, 0) is 6.54 Å². The Morgan fingerprint density at radius 3 is 2.75 bits per heavy atom. The molecule has 1 atom stereocenters. The van der Waals surface area contributed by atoms with Crippen molar-refractivity contribution >= 4 is 22.6 Å². The van der Waals surface area contributed by atoms with Gasteiger partial charge < -0.3 is 9.09 Å². The third-order valence-corrected chi connectivity index (χ3v) is 3.43. The molecule has 104 valence electrons. The van der Waals surface area contributed by atoms with E-state index in [4.69, 9.17) is 16.1 Å². The summed E-state index contributed by atoms with van der Waals surface area (Å²) in [6.45, 7) is 6.23.